The van der Waals surface area contributed by atoms with Gasteiger partial charge in [0.15, 0.2) is 0 Å². The number of hydrogen-bond donors (Lipinski definition) is 2. The third-order valence-corrected chi connectivity index (χ3v) is 3.84. The van der Waals surface area contributed by atoms with Crippen LogP contribution >= 0.6 is 0 Å². The molecule has 2 aromatic rings. The fourth-order valence-electron chi connectivity index (χ4n) is 2.54. The van der Waals surface area contributed by atoms with Crippen molar-refractivity contribution in [2.75, 3.05) is 26.2 Å². The lowest BCUT2D eigenvalue weighted by Gasteiger charge is -2.34. The molecule has 0 atom stereocenters. The fourth-order valence-corrected chi connectivity index (χ4v) is 2.54. The van der Waals surface area contributed by atoms with Gasteiger partial charge in [-0.25, -0.2) is 5.10 Å². The largest absolute Gasteiger partial charge is 0.367 e. The minimum Gasteiger partial charge on any atom is -0.367 e. The Morgan fingerprint density at radius 3 is 2.43 bits per heavy atom. The van der Waals surface area contributed by atoms with E-state index in [0.29, 0.717) is 32.6 Å². The Morgan fingerprint density at radius 1 is 1.09 bits per heavy atom. The Kier molecular flexibility index (Phi) is 4.22. The lowest BCUT2D eigenvalue weighted by Crippen LogP contribution is -2.51. The topological polar surface area (TPSA) is 102 Å². The van der Waals surface area contributed by atoms with E-state index in [0.717, 1.165) is 5.56 Å². The van der Waals surface area contributed by atoms with Crippen LogP contribution in [0.25, 0.3) is 0 Å². The number of nitrogens with zero attached hydrogens (tertiary/aromatic N) is 3. The van der Waals surface area contributed by atoms with Crippen LogP contribution < -0.4 is 5.56 Å². The minimum atomic E-state index is -0.346. The van der Waals surface area contributed by atoms with E-state index in [1.165, 1.54) is 12.1 Å². The molecular formula is C15H17N5O3. The van der Waals surface area contributed by atoms with E-state index in [-0.39, 0.29) is 23.1 Å². The Hall–Kier alpha value is -2.90. The molecule has 0 aliphatic carbocycles. The Balaban J connectivity index is 1.55. The van der Waals surface area contributed by atoms with Crippen LogP contribution in [0.4, 0.5) is 0 Å². The first-order chi connectivity index (χ1) is 11.1. The molecule has 3 heterocycles. The Labute approximate surface area is 132 Å². The van der Waals surface area contributed by atoms with Gasteiger partial charge in [-0.2, -0.15) is 5.10 Å². The first-order valence-electron chi connectivity index (χ1n) is 7.38. The van der Waals surface area contributed by atoms with Crippen LogP contribution in [0.5, 0.6) is 0 Å². The van der Waals surface area contributed by atoms with Crippen molar-refractivity contribution in [1.82, 2.24) is 25.0 Å². The van der Waals surface area contributed by atoms with Crippen molar-refractivity contribution in [2.24, 2.45) is 0 Å². The first kappa shape index (κ1) is 15.0. The maximum Gasteiger partial charge on any atom is 0.274 e. The molecule has 0 saturated carbocycles. The van der Waals surface area contributed by atoms with E-state index in [4.69, 9.17) is 0 Å². The van der Waals surface area contributed by atoms with Crippen molar-refractivity contribution < 1.29 is 9.59 Å². The summed E-state index contributed by atoms with van der Waals surface area (Å²) in [7, 11) is 0. The molecule has 1 saturated heterocycles. The van der Waals surface area contributed by atoms with E-state index in [1.54, 1.807) is 22.2 Å². The molecule has 23 heavy (non-hydrogen) atoms. The van der Waals surface area contributed by atoms with Gasteiger partial charge >= 0.3 is 0 Å². The van der Waals surface area contributed by atoms with Crippen molar-refractivity contribution in [3.63, 3.8) is 0 Å². The average molecular weight is 315 g/mol. The number of nitrogens with one attached hydrogen (secondary N) is 2. The van der Waals surface area contributed by atoms with Gasteiger partial charge in [-0.15, -0.1) is 0 Å². The van der Waals surface area contributed by atoms with E-state index >= 15 is 0 Å². The summed E-state index contributed by atoms with van der Waals surface area (Å²) in [5, 5.41) is 6.00. The van der Waals surface area contributed by atoms with E-state index in [9.17, 15) is 14.4 Å². The fraction of sp³-hybridized carbons (Fsp3) is 0.333. The van der Waals surface area contributed by atoms with Gasteiger partial charge < -0.3 is 14.8 Å². The zero-order valence-electron chi connectivity index (χ0n) is 12.5. The molecule has 120 valence electrons. The van der Waals surface area contributed by atoms with Crippen molar-refractivity contribution in [3.8, 4) is 0 Å². The maximum atomic E-state index is 12.3. The molecule has 2 aromatic heterocycles. The highest BCUT2D eigenvalue weighted by atomic mass is 16.2. The van der Waals surface area contributed by atoms with Gasteiger partial charge in [0.1, 0.15) is 5.69 Å². The van der Waals surface area contributed by atoms with Crippen LogP contribution in [-0.4, -0.2) is 63.0 Å². The number of hydrogen-bond acceptors (Lipinski definition) is 4. The molecule has 8 heteroatoms. The van der Waals surface area contributed by atoms with Crippen molar-refractivity contribution in [2.45, 2.75) is 6.42 Å². The van der Waals surface area contributed by atoms with Crippen molar-refractivity contribution in [3.05, 3.63) is 52.2 Å². The molecule has 0 spiro atoms. The number of aromatic amines is 2. The summed E-state index contributed by atoms with van der Waals surface area (Å²) in [5.74, 6) is -0.183. The third kappa shape index (κ3) is 3.47. The number of piperazine rings is 1. The number of aromatic nitrogens is 3. The van der Waals surface area contributed by atoms with Crippen LogP contribution in [0.3, 0.4) is 0 Å². The summed E-state index contributed by atoms with van der Waals surface area (Å²) in [6.07, 6.45) is 3.95. The summed E-state index contributed by atoms with van der Waals surface area (Å²) in [6, 6.07) is 4.56. The van der Waals surface area contributed by atoms with Gasteiger partial charge in [0.05, 0.1) is 6.42 Å². The number of carbonyl (C=O) groups is 2. The lowest BCUT2D eigenvalue weighted by molar-refractivity contribution is -0.131. The Morgan fingerprint density at radius 2 is 1.83 bits per heavy atom. The number of amides is 2. The number of carbonyl (C=O) groups excluding carboxylic acids is 2. The molecule has 8 nitrogen and oxygen atoms in total. The molecule has 0 radical (unpaired) electrons. The summed E-state index contributed by atoms with van der Waals surface area (Å²) >= 11 is 0. The molecule has 0 unspecified atom stereocenters. The summed E-state index contributed by atoms with van der Waals surface area (Å²) in [5.41, 5.74) is 0.810. The second-order valence-electron chi connectivity index (χ2n) is 5.38. The standard InChI is InChI=1S/C15H17N5O3/c21-13-2-1-12(17-18-13)15(23)20-7-5-19(6-8-20)14(22)9-11-3-4-16-10-11/h1-4,10,16H,5-9H2,(H,18,21). The average Bonchev–Trinajstić information content (AvgIpc) is 3.08. The van der Waals surface area contributed by atoms with E-state index < -0.39 is 0 Å². The molecule has 0 aromatic carbocycles. The molecule has 2 N–H and O–H groups in total. The van der Waals surface area contributed by atoms with E-state index in [1.807, 2.05) is 6.07 Å². The second kappa shape index (κ2) is 6.47. The van der Waals surface area contributed by atoms with E-state index in [2.05, 4.69) is 15.2 Å². The van der Waals surface area contributed by atoms with Crippen LogP contribution in [0, 0.1) is 0 Å². The van der Waals surface area contributed by atoms with Crippen LogP contribution in [-0.2, 0) is 11.2 Å². The molecule has 0 bridgehead atoms. The predicted octanol–water partition coefficient (Wildman–Crippen LogP) is -0.375. The van der Waals surface area contributed by atoms with Crippen LogP contribution in [0.1, 0.15) is 16.1 Å². The minimum absolute atomic E-state index is 0.0545. The normalized spacial score (nSPS) is 14.8. The lowest BCUT2D eigenvalue weighted by atomic mass is 10.2. The monoisotopic (exact) mass is 315 g/mol. The predicted molar refractivity (Wildman–Crippen MR) is 81.8 cm³/mol. The molecule has 2 amide bonds. The maximum absolute atomic E-state index is 12.3. The van der Waals surface area contributed by atoms with Gasteiger partial charge in [0.25, 0.3) is 11.5 Å². The van der Waals surface area contributed by atoms with Crippen LogP contribution in [0.15, 0.2) is 35.4 Å². The van der Waals surface area contributed by atoms with Crippen molar-refractivity contribution in [1.29, 1.82) is 0 Å². The highest BCUT2D eigenvalue weighted by Gasteiger charge is 2.25. The summed E-state index contributed by atoms with van der Waals surface area (Å²) in [4.78, 5) is 41.8. The molecule has 1 aliphatic heterocycles. The number of rotatable bonds is 3. The highest BCUT2D eigenvalue weighted by Crippen LogP contribution is 2.08. The van der Waals surface area contributed by atoms with Crippen molar-refractivity contribution >= 4 is 11.8 Å². The molecule has 1 fully saturated rings. The van der Waals surface area contributed by atoms with Gasteiger partial charge in [0.2, 0.25) is 5.91 Å². The van der Waals surface area contributed by atoms with Gasteiger partial charge in [-0.3, -0.25) is 14.4 Å². The van der Waals surface area contributed by atoms with Gasteiger partial charge in [0, 0.05) is 44.6 Å². The smallest absolute Gasteiger partial charge is 0.274 e. The zero-order valence-corrected chi connectivity index (χ0v) is 12.5. The molecule has 3 rings (SSSR count). The molecule has 1 aliphatic rings. The molecular weight excluding hydrogens is 298 g/mol. The highest BCUT2D eigenvalue weighted by molar-refractivity contribution is 5.92. The SMILES string of the molecule is O=C(Cc1cc[nH]c1)N1CCN(C(=O)c2ccc(=O)[nH]n2)CC1. The third-order valence-electron chi connectivity index (χ3n) is 3.84. The first-order valence-corrected chi connectivity index (χ1v) is 7.38. The second-order valence-corrected chi connectivity index (χ2v) is 5.38. The quantitative estimate of drug-likeness (QED) is 0.806. The van der Waals surface area contributed by atoms with Crippen LogP contribution in [0.2, 0.25) is 0 Å². The summed E-state index contributed by atoms with van der Waals surface area (Å²) < 4.78 is 0. The van der Waals surface area contributed by atoms with Gasteiger partial charge in [-0.1, -0.05) is 0 Å². The summed E-state index contributed by atoms with van der Waals surface area (Å²) in [6.45, 7) is 1.91. The Bertz CT molecular complexity index is 724. The number of H-pyrrole nitrogens is 2. The zero-order chi connectivity index (χ0) is 16.2. The van der Waals surface area contributed by atoms with Gasteiger partial charge in [-0.05, 0) is 17.7 Å².